The van der Waals surface area contributed by atoms with Crippen LogP contribution in [0.15, 0.2) is 41.8 Å². The molecule has 2 heterocycles. The van der Waals surface area contributed by atoms with Crippen molar-refractivity contribution in [3.8, 4) is 5.75 Å². The number of carbonyl (C=O) groups is 4. The van der Waals surface area contributed by atoms with Gasteiger partial charge in [-0.2, -0.15) is 0 Å². The summed E-state index contributed by atoms with van der Waals surface area (Å²) in [5.74, 6) is -2.85. The van der Waals surface area contributed by atoms with Gasteiger partial charge < -0.3 is 4.74 Å². The highest BCUT2D eigenvalue weighted by Gasteiger charge is 2.41. The van der Waals surface area contributed by atoms with Gasteiger partial charge in [0.05, 0.1) is 12.0 Å². The lowest BCUT2D eigenvalue weighted by atomic mass is 9.80. The predicted molar refractivity (Wildman–Crippen MR) is 94.2 cm³/mol. The van der Waals surface area contributed by atoms with Crippen molar-refractivity contribution in [1.82, 2.24) is 10.6 Å². The normalized spacial score (nSPS) is 16.0. The zero-order valence-electron chi connectivity index (χ0n) is 13.9. The van der Waals surface area contributed by atoms with Crippen LogP contribution >= 0.6 is 11.3 Å². The Kier molecular flexibility index (Phi) is 5.13. The van der Waals surface area contributed by atoms with Gasteiger partial charge in [-0.3, -0.25) is 25.0 Å². The topological polar surface area (TPSA) is 102 Å². The molecule has 134 valence electrons. The quantitative estimate of drug-likeness (QED) is 0.597. The van der Waals surface area contributed by atoms with Crippen LogP contribution in [0.3, 0.4) is 0 Å². The number of Topliss-reactive ketones (excluding diaryl/α,β-unsaturated/α-hetero) is 1. The fourth-order valence-corrected chi connectivity index (χ4v) is 3.59. The molecule has 0 bridgehead atoms. The lowest BCUT2D eigenvalue weighted by Crippen LogP contribution is -2.57. The smallest absolute Gasteiger partial charge is 0.328 e. The number of carbonyl (C=O) groups excluding carboxylic acids is 4. The van der Waals surface area contributed by atoms with E-state index in [2.05, 4.69) is 10.6 Å². The maximum absolute atomic E-state index is 12.6. The van der Waals surface area contributed by atoms with Crippen LogP contribution in [0, 0.1) is 5.92 Å². The van der Waals surface area contributed by atoms with E-state index in [-0.39, 0.29) is 12.2 Å². The van der Waals surface area contributed by atoms with E-state index in [1.54, 1.807) is 41.8 Å². The fourth-order valence-electron chi connectivity index (χ4n) is 2.91. The second-order valence-electron chi connectivity index (χ2n) is 5.77. The molecule has 7 nitrogen and oxygen atoms in total. The second kappa shape index (κ2) is 7.49. The summed E-state index contributed by atoms with van der Waals surface area (Å²) in [5.41, 5.74) is 0.639. The van der Waals surface area contributed by atoms with Crippen LogP contribution in [-0.2, 0) is 9.59 Å². The Labute approximate surface area is 153 Å². The number of hydrogen-bond acceptors (Lipinski definition) is 6. The first-order valence-corrected chi connectivity index (χ1v) is 8.74. The predicted octanol–water partition coefficient (Wildman–Crippen LogP) is 2.10. The fraction of sp³-hybridized carbons (Fsp3) is 0.222. The highest BCUT2D eigenvalue weighted by atomic mass is 32.1. The van der Waals surface area contributed by atoms with Gasteiger partial charge in [0.1, 0.15) is 11.7 Å². The number of rotatable bonds is 6. The minimum Gasteiger partial charge on any atom is -0.497 e. The molecular weight excluding hydrogens is 356 g/mol. The number of ketones is 1. The van der Waals surface area contributed by atoms with E-state index in [9.17, 15) is 19.2 Å². The molecule has 8 heteroatoms. The van der Waals surface area contributed by atoms with E-state index < -0.39 is 29.7 Å². The molecule has 26 heavy (non-hydrogen) atoms. The summed E-state index contributed by atoms with van der Waals surface area (Å²) in [4.78, 5) is 49.1. The summed E-state index contributed by atoms with van der Waals surface area (Å²) in [6, 6.07) is 9.42. The van der Waals surface area contributed by atoms with E-state index in [1.165, 1.54) is 18.4 Å². The summed E-state index contributed by atoms with van der Waals surface area (Å²) in [7, 11) is 1.53. The van der Waals surface area contributed by atoms with Crippen LogP contribution in [0.4, 0.5) is 4.79 Å². The van der Waals surface area contributed by atoms with Crippen molar-refractivity contribution < 1.29 is 23.9 Å². The highest BCUT2D eigenvalue weighted by Crippen LogP contribution is 2.33. The van der Waals surface area contributed by atoms with Gasteiger partial charge in [-0.05, 0) is 29.1 Å². The van der Waals surface area contributed by atoms with Gasteiger partial charge in [-0.25, -0.2) is 4.79 Å². The summed E-state index contributed by atoms with van der Waals surface area (Å²) in [6.07, 6.45) is -0.0352. The number of hydrogen-bond donors (Lipinski definition) is 2. The monoisotopic (exact) mass is 372 g/mol. The van der Waals surface area contributed by atoms with Crippen LogP contribution in [0.25, 0.3) is 0 Å². The minimum absolute atomic E-state index is 0.0352. The minimum atomic E-state index is -1.18. The molecule has 1 aliphatic rings. The maximum atomic E-state index is 12.6. The third-order valence-corrected chi connectivity index (χ3v) is 5.10. The number of barbiturate groups is 1. The van der Waals surface area contributed by atoms with Gasteiger partial charge in [0.2, 0.25) is 11.8 Å². The lowest BCUT2D eigenvalue weighted by Gasteiger charge is -2.28. The highest BCUT2D eigenvalue weighted by molar-refractivity contribution is 7.12. The molecule has 1 saturated heterocycles. The summed E-state index contributed by atoms with van der Waals surface area (Å²) in [6.45, 7) is 0. The molecule has 1 fully saturated rings. The van der Waals surface area contributed by atoms with Crippen molar-refractivity contribution in [2.75, 3.05) is 7.11 Å². The lowest BCUT2D eigenvalue weighted by molar-refractivity contribution is -0.136. The second-order valence-corrected chi connectivity index (χ2v) is 6.72. The van der Waals surface area contributed by atoms with Crippen molar-refractivity contribution in [3.05, 3.63) is 52.2 Å². The molecule has 0 spiro atoms. The van der Waals surface area contributed by atoms with E-state index in [0.29, 0.717) is 16.2 Å². The van der Waals surface area contributed by atoms with Crippen LogP contribution in [0.2, 0.25) is 0 Å². The van der Waals surface area contributed by atoms with Crippen LogP contribution in [0.1, 0.15) is 27.6 Å². The SMILES string of the molecule is COc1ccc(C(CC(=O)c2cccs2)C2C(=O)NC(=O)NC2=O)cc1. The van der Waals surface area contributed by atoms with Crippen molar-refractivity contribution in [2.24, 2.45) is 5.92 Å². The molecular formula is C18H16N2O5S. The number of methoxy groups -OCH3 is 1. The number of thiophene rings is 1. The zero-order valence-corrected chi connectivity index (χ0v) is 14.7. The molecule has 1 aromatic carbocycles. The van der Waals surface area contributed by atoms with E-state index >= 15 is 0 Å². The third kappa shape index (κ3) is 3.65. The number of benzene rings is 1. The molecule has 1 aromatic heterocycles. The van der Waals surface area contributed by atoms with E-state index in [4.69, 9.17) is 4.74 Å². The first-order valence-electron chi connectivity index (χ1n) is 7.86. The van der Waals surface area contributed by atoms with Gasteiger partial charge in [-0.15, -0.1) is 11.3 Å². The van der Waals surface area contributed by atoms with Crippen molar-refractivity contribution in [1.29, 1.82) is 0 Å². The average molecular weight is 372 g/mol. The summed E-state index contributed by atoms with van der Waals surface area (Å²) < 4.78 is 5.12. The number of amides is 4. The Hall–Kier alpha value is -3.00. The third-order valence-electron chi connectivity index (χ3n) is 4.19. The summed E-state index contributed by atoms with van der Waals surface area (Å²) >= 11 is 1.30. The summed E-state index contributed by atoms with van der Waals surface area (Å²) in [5, 5.41) is 5.98. The van der Waals surface area contributed by atoms with Crippen LogP contribution in [0.5, 0.6) is 5.75 Å². The molecule has 0 aliphatic carbocycles. The van der Waals surface area contributed by atoms with E-state index in [1.807, 2.05) is 0 Å². The van der Waals surface area contributed by atoms with Gasteiger partial charge >= 0.3 is 6.03 Å². The molecule has 1 atom stereocenters. The van der Waals surface area contributed by atoms with Crippen molar-refractivity contribution in [3.63, 3.8) is 0 Å². The largest absolute Gasteiger partial charge is 0.497 e. The van der Waals surface area contributed by atoms with Gasteiger partial charge in [0, 0.05) is 12.3 Å². The van der Waals surface area contributed by atoms with Gasteiger partial charge in [-0.1, -0.05) is 18.2 Å². The Bertz CT molecular complexity index is 825. The molecule has 2 N–H and O–H groups in total. The number of imide groups is 2. The number of urea groups is 1. The molecule has 0 radical (unpaired) electrons. The van der Waals surface area contributed by atoms with Gasteiger partial charge in [0.25, 0.3) is 0 Å². The molecule has 4 amide bonds. The van der Waals surface area contributed by atoms with Crippen molar-refractivity contribution >= 4 is 35.0 Å². The van der Waals surface area contributed by atoms with Crippen LogP contribution < -0.4 is 15.4 Å². The first-order chi connectivity index (χ1) is 12.5. The molecule has 1 aliphatic heterocycles. The van der Waals surface area contributed by atoms with E-state index in [0.717, 1.165) is 0 Å². The average Bonchev–Trinajstić information content (AvgIpc) is 3.15. The van der Waals surface area contributed by atoms with Crippen LogP contribution in [-0.4, -0.2) is 30.7 Å². The standard InChI is InChI=1S/C18H16N2O5S/c1-25-11-6-4-10(5-7-11)12(9-13(21)14-3-2-8-26-14)15-16(22)19-18(24)20-17(15)23/h2-8,12,15H,9H2,1H3,(H2,19,20,22,23,24). The molecule has 1 unspecified atom stereocenters. The molecule has 2 aromatic rings. The van der Waals surface area contributed by atoms with Crippen molar-refractivity contribution in [2.45, 2.75) is 12.3 Å². The molecule has 0 saturated carbocycles. The Balaban J connectivity index is 1.94. The molecule has 3 rings (SSSR count). The number of ether oxygens (including phenoxy) is 1. The Morgan fingerprint density at radius 2 is 1.77 bits per heavy atom. The first kappa shape index (κ1) is 17.8. The zero-order chi connectivity index (χ0) is 18.7. The number of nitrogens with one attached hydrogen (secondary N) is 2. The Morgan fingerprint density at radius 1 is 1.12 bits per heavy atom. The maximum Gasteiger partial charge on any atom is 0.328 e. The van der Waals surface area contributed by atoms with Gasteiger partial charge in [0.15, 0.2) is 5.78 Å². The Morgan fingerprint density at radius 3 is 2.31 bits per heavy atom.